The van der Waals surface area contributed by atoms with Crippen LogP contribution < -0.4 is 10.4 Å². The summed E-state index contributed by atoms with van der Waals surface area (Å²) < 4.78 is 6.44. The molecule has 0 aliphatic heterocycles. The minimum atomic E-state index is -2.50. The summed E-state index contributed by atoms with van der Waals surface area (Å²) >= 11 is 0. The van der Waals surface area contributed by atoms with E-state index in [1.807, 2.05) is 43.3 Å². The van der Waals surface area contributed by atoms with E-state index in [9.17, 15) is 4.79 Å². The van der Waals surface area contributed by atoms with Gasteiger partial charge in [-0.3, -0.25) is 0 Å². The van der Waals surface area contributed by atoms with Crippen molar-refractivity contribution < 1.29 is 9.22 Å². The van der Waals surface area contributed by atoms with E-state index in [0.29, 0.717) is 0 Å². The summed E-state index contributed by atoms with van der Waals surface area (Å²) in [5.74, 6) is 0. The topological polar surface area (TPSA) is 26.3 Å². The van der Waals surface area contributed by atoms with Crippen molar-refractivity contribution in [2.45, 2.75) is 32.9 Å². The highest BCUT2D eigenvalue weighted by molar-refractivity contribution is 6.97. The van der Waals surface area contributed by atoms with E-state index in [1.165, 1.54) is 15.9 Å². The second kappa shape index (κ2) is 8.04. The maximum atomic E-state index is 11.3. The number of allylic oxidation sites excluding steroid dienone is 2. The van der Waals surface area contributed by atoms with Crippen LogP contribution in [0.25, 0.3) is 0 Å². The number of rotatable bonds is 7. The van der Waals surface area contributed by atoms with Crippen LogP contribution in [-0.4, -0.2) is 20.7 Å². The summed E-state index contributed by atoms with van der Waals surface area (Å²) in [5, 5.41) is 2.38. The van der Waals surface area contributed by atoms with E-state index in [0.717, 1.165) is 12.3 Å². The summed E-state index contributed by atoms with van der Waals surface area (Å²) in [6.45, 7) is 6.01. The molecule has 1 unspecified atom stereocenters. The normalized spacial score (nSPS) is 12.5. The van der Waals surface area contributed by atoms with Crippen LogP contribution >= 0.6 is 0 Å². The molecule has 2 rings (SSSR count). The van der Waals surface area contributed by atoms with E-state index < -0.39 is 14.4 Å². The predicted octanol–water partition coefficient (Wildman–Crippen LogP) is 3.32. The van der Waals surface area contributed by atoms with E-state index in [2.05, 4.69) is 44.2 Å². The smallest absolute Gasteiger partial charge is 0.260 e. The van der Waals surface area contributed by atoms with Gasteiger partial charge in [0.05, 0.1) is 6.10 Å². The molecule has 0 aliphatic rings. The van der Waals surface area contributed by atoms with Gasteiger partial charge in [0, 0.05) is 0 Å². The molecule has 0 fully saturated rings. The summed E-state index contributed by atoms with van der Waals surface area (Å²) in [4.78, 5) is 11.3. The number of benzene rings is 2. The van der Waals surface area contributed by atoms with Gasteiger partial charge in [0.25, 0.3) is 8.32 Å². The highest BCUT2D eigenvalue weighted by Crippen LogP contribution is 2.17. The van der Waals surface area contributed by atoms with Crippen LogP contribution in [0.2, 0.25) is 6.04 Å². The van der Waals surface area contributed by atoms with Gasteiger partial charge in [0.15, 0.2) is 0 Å². The minimum absolute atomic E-state index is 0.423. The molecule has 0 spiro atoms. The quantitative estimate of drug-likeness (QED) is 0.444. The SMILES string of the molecule is CC(C)=CC[Si](OC(C)C=O)(c1ccccc1)c1ccccc1. The Morgan fingerprint density at radius 1 is 1.00 bits per heavy atom. The first-order valence-corrected chi connectivity index (χ1v) is 10.1. The number of aldehydes is 1. The van der Waals surface area contributed by atoms with Crippen molar-refractivity contribution in [3.05, 3.63) is 72.3 Å². The molecular weight excluding hydrogens is 300 g/mol. The van der Waals surface area contributed by atoms with Gasteiger partial charge in [-0.15, -0.1) is 0 Å². The maximum Gasteiger partial charge on any atom is 0.260 e. The molecule has 0 amide bonds. The second-order valence-corrected chi connectivity index (χ2v) is 9.46. The monoisotopic (exact) mass is 324 g/mol. The first kappa shape index (κ1) is 17.4. The fourth-order valence-electron chi connectivity index (χ4n) is 2.69. The molecule has 0 aromatic heterocycles. The molecule has 0 N–H and O–H groups in total. The number of hydrogen-bond acceptors (Lipinski definition) is 2. The lowest BCUT2D eigenvalue weighted by Crippen LogP contribution is -2.61. The predicted molar refractivity (Wildman–Crippen MR) is 98.8 cm³/mol. The van der Waals surface area contributed by atoms with Crippen molar-refractivity contribution in [3.63, 3.8) is 0 Å². The molecule has 23 heavy (non-hydrogen) atoms. The Morgan fingerprint density at radius 2 is 1.48 bits per heavy atom. The molecule has 0 saturated heterocycles. The standard InChI is InChI=1S/C20H24O2Si/c1-17(2)14-15-23(22-18(3)16-21,19-10-6-4-7-11-19)20-12-8-5-9-13-20/h4-14,16,18H,15H2,1-3H3. The van der Waals surface area contributed by atoms with Crippen molar-refractivity contribution in [2.75, 3.05) is 0 Å². The lowest BCUT2D eigenvalue weighted by Gasteiger charge is -2.33. The van der Waals surface area contributed by atoms with Gasteiger partial charge in [-0.25, -0.2) is 0 Å². The van der Waals surface area contributed by atoms with Crippen LogP contribution in [-0.2, 0) is 9.22 Å². The first-order chi connectivity index (χ1) is 11.1. The number of hydrogen-bond donors (Lipinski definition) is 0. The maximum absolute atomic E-state index is 11.3. The third-order valence-electron chi connectivity index (χ3n) is 3.86. The fourth-order valence-corrected chi connectivity index (χ4v) is 6.72. The Balaban J connectivity index is 2.62. The molecular formula is C20H24O2Si. The van der Waals surface area contributed by atoms with Crippen LogP contribution in [0, 0.1) is 0 Å². The lowest BCUT2D eigenvalue weighted by molar-refractivity contribution is -0.113. The van der Waals surface area contributed by atoms with Gasteiger partial charge >= 0.3 is 0 Å². The lowest BCUT2D eigenvalue weighted by atomic mass is 10.3. The first-order valence-electron chi connectivity index (χ1n) is 7.96. The van der Waals surface area contributed by atoms with Crippen LogP contribution in [0.3, 0.4) is 0 Å². The summed E-state index contributed by atoms with van der Waals surface area (Å²) in [6.07, 6.45) is 2.69. The molecule has 0 saturated carbocycles. The van der Waals surface area contributed by atoms with Gasteiger partial charge in [-0.05, 0) is 37.2 Å². The Hall–Kier alpha value is -1.97. The van der Waals surface area contributed by atoms with Gasteiger partial charge in [0.1, 0.15) is 6.29 Å². The van der Waals surface area contributed by atoms with Gasteiger partial charge in [0.2, 0.25) is 0 Å². The summed E-state index contributed by atoms with van der Waals surface area (Å²) in [7, 11) is -2.50. The zero-order valence-electron chi connectivity index (χ0n) is 14.0. The van der Waals surface area contributed by atoms with Crippen LogP contribution in [0.1, 0.15) is 20.8 Å². The van der Waals surface area contributed by atoms with Crippen molar-refractivity contribution in [3.8, 4) is 0 Å². The molecule has 120 valence electrons. The molecule has 0 bridgehead atoms. The molecule has 0 aliphatic carbocycles. The molecule has 0 heterocycles. The van der Waals surface area contributed by atoms with Gasteiger partial charge in [-0.2, -0.15) is 0 Å². The Kier molecular flexibility index (Phi) is 6.08. The number of carbonyl (C=O) groups is 1. The fraction of sp³-hybridized carbons (Fsp3) is 0.250. The van der Waals surface area contributed by atoms with Gasteiger partial charge in [-0.1, -0.05) is 72.3 Å². The Bertz CT molecular complexity index is 606. The molecule has 2 aromatic rings. The highest BCUT2D eigenvalue weighted by atomic mass is 28.4. The Labute approximate surface area is 139 Å². The molecule has 2 nitrogen and oxygen atoms in total. The van der Waals surface area contributed by atoms with Crippen LogP contribution in [0.15, 0.2) is 72.3 Å². The van der Waals surface area contributed by atoms with E-state index in [4.69, 9.17) is 4.43 Å². The van der Waals surface area contributed by atoms with Crippen molar-refractivity contribution in [2.24, 2.45) is 0 Å². The third kappa shape index (κ3) is 4.27. The van der Waals surface area contributed by atoms with Crippen molar-refractivity contribution in [1.29, 1.82) is 0 Å². The van der Waals surface area contributed by atoms with Crippen LogP contribution in [0.4, 0.5) is 0 Å². The average Bonchev–Trinajstić information content (AvgIpc) is 2.60. The van der Waals surface area contributed by atoms with Gasteiger partial charge < -0.3 is 9.22 Å². The Morgan fingerprint density at radius 3 is 1.87 bits per heavy atom. The second-order valence-electron chi connectivity index (χ2n) is 6.00. The zero-order chi connectivity index (χ0) is 16.7. The van der Waals surface area contributed by atoms with Crippen molar-refractivity contribution in [1.82, 2.24) is 0 Å². The van der Waals surface area contributed by atoms with E-state index >= 15 is 0 Å². The number of carbonyl (C=O) groups excluding carboxylic acids is 1. The van der Waals surface area contributed by atoms with E-state index in [-0.39, 0.29) is 0 Å². The molecule has 3 heteroatoms. The minimum Gasteiger partial charge on any atom is -0.398 e. The summed E-state index contributed by atoms with van der Waals surface area (Å²) in [5.41, 5.74) is 1.26. The van der Waals surface area contributed by atoms with Crippen molar-refractivity contribution >= 4 is 25.0 Å². The van der Waals surface area contributed by atoms with E-state index in [1.54, 1.807) is 0 Å². The average molecular weight is 324 g/mol. The molecule has 1 atom stereocenters. The molecule has 2 aromatic carbocycles. The third-order valence-corrected chi connectivity index (χ3v) is 7.94. The largest absolute Gasteiger partial charge is 0.398 e. The highest BCUT2D eigenvalue weighted by Gasteiger charge is 2.40. The zero-order valence-corrected chi connectivity index (χ0v) is 15.0. The van der Waals surface area contributed by atoms with Crippen LogP contribution in [0.5, 0.6) is 0 Å². The molecule has 0 radical (unpaired) electrons. The summed E-state index contributed by atoms with van der Waals surface area (Å²) in [6, 6.07) is 21.5.